The zero-order chi connectivity index (χ0) is 23.3. The van der Waals surface area contributed by atoms with Gasteiger partial charge < -0.3 is 25.6 Å². The van der Waals surface area contributed by atoms with Crippen LogP contribution in [0.1, 0.15) is 28.8 Å². The van der Waals surface area contributed by atoms with Gasteiger partial charge in [0.2, 0.25) is 11.8 Å². The van der Waals surface area contributed by atoms with Crippen LogP contribution in [0.5, 0.6) is 0 Å². The van der Waals surface area contributed by atoms with Crippen molar-refractivity contribution in [3.63, 3.8) is 0 Å². The van der Waals surface area contributed by atoms with E-state index in [2.05, 4.69) is 16.0 Å². The van der Waals surface area contributed by atoms with Gasteiger partial charge in [0.15, 0.2) is 0 Å². The fourth-order valence-corrected chi connectivity index (χ4v) is 2.93. The minimum Gasteiger partial charge on any atom is -0.385 e. The van der Waals surface area contributed by atoms with Gasteiger partial charge in [-0.3, -0.25) is 14.4 Å². The Morgan fingerprint density at radius 3 is 2.44 bits per heavy atom. The first-order valence-corrected chi connectivity index (χ1v) is 10.6. The topological polar surface area (TPSA) is 99.8 Å². The van der Waals surface area contributed by atoms with E-state index < -0.39 is 0 Å². The van der Waals surface area contributed by atoms with Crippen molar-refractivity contribution in [2.45, 2.75) is 19.3 Å². The highest BCUT2D eigenvalue weighted by Crippen LogP contribution is 2.13. The first-order chi connectivity index (χ1) is 15.4. The maximum Gasteiger partial charge on any atom is 0.251 e. The molecular formula is C24H32N4O4. The van der Waals surface area contributed by atoms with Crippen molar-refractivity contribution in [3.05, 3.63) is 59.7 Å². The van der Waals surface area contributed by atoms with Gasteiger partial charge in [-0.05, 0) is 54.8 Å². The van der Waals surface area contributed by atoms with Crippen LogP contribution in [0.3, 0.4) is 0 Å². The van der Waals surface area contributed by atoms with Gasteiger partial charge in [0.25, 0.3) is 5.91 Å². The Morgan fingerprint density at radius 1 is 1.00 bits per heavy atom. The van der Waals surface area contributed by atoms with Crippen molar-refractivity contribution >= 4 is 29.1 Å². The highest BCUT2D eigenvalue weighted by molar-refractivity contribution is 5.95. The molecule has 8 nitrogen and oxygen atoms in total. The second kappa shape index (κ2) is 13.1. The average Bonchev–Trinajstić information content (AvgIpc) is 2.79. The first-order valence-electron chi connectivity index (χ1n) is 10.6. The molecule has 2 aromatic rings. The molecule has 3 N–H and O–H groups in total. The normalized spacial score (nSPS) is 10.3. The van der Waals surface area contributed by atoms with E-state index in [-0.39, 0.29) is 24.3 Å². The molecule has 0 radical (unpaired) electrons. The SMILES string of the molecule is COCCCNC(=O)c1ccc(NCC(=O)Nc2cccc(CCC(=O)N(C)C)c2)cc1. The fourth-order valence-electron chi connectivity index (χ4n) is 2.93. The Bertz CT molecular complexity index is 897. The Hall–Kier alpha value is -3.39. The molecule has 0 fully saturated rings. The number of nitrogens with zero attached hydrogens (tertiary/aromatic N) is 1. The maximum atomic E-state index is 12.3. The molecule has 0 heterocycles. The van der Waals surface area contributed by atoms with E-state index in [1.807, 2.05) is 24.3 Å². The number of benzene rings is 2. The summed E-state index contributed by atoms with van der Waals surface area (Å²) >= 11 is 0. The molecule has 0 atom stereocenters. The second-order valence-electron chi connectivity index (χ2n) is 7.57. The number of hydrogen-bond donors (Lipinski definition) is 3. The molecular weight excluding hydrogens is 408 g/mol. The summed E-state index contributed by atoms with van der Waals surface area (Å²) in [4.78, 5) is 37.7. The number of aryl methyl sites for hydroxylation is 1. The standard InChI is InChI=1S/C24H32N4O4/c1-28(2)23(30)13-8-18-6-4-7-21(16-18)27-22(29)17-26-20-11-9-19(10-12-20)24(31)25-14-5-15-32-3/h4,6-7,9-12,16,26H,5,8,13-15,17H2,1-3H3,(H,25,31)(H,27,29). The summed E-state index contributed by atoms with van der Waals surface area (Å²) in [6.07, 6.45) is 1.80. The summed E-state index contributed by atoms with van der Waals surface area (Å²) in [5.74, 6) is -0.262. The molecule has 3 amide bonds. The van der Waals surface area contributed by atoms with Gasteiger partial charge in [0.1, 0.15) is 0 Å². The third-order valence-electron chi connectivity index (χ3n) is 4.75. The van der Waals surface area contributed by atoms with Crippen LogP contribution in [0.2, 0.25) is 0 Å². The molecule has 0 saturated carbocycles. The molecule has 2 aromatic carbocycles. The number of carbonyl (C=O) groups excluding carboxylic acids is 3. The van der Waals surface area contributed by atoms with Crippen molar-refractivity contribution in [2.75, 3.05) is 51.5 Å². The fraction of sp³-hybridized carbons (Fsp3) is 0.375. The summed E-state index contributed by atoms with van der Waals surface area (Å²) < 4.78 is 4.96. The van der Waals surface area contributed by atoms with Crippen LogP contribution in [0, 0.1) is 0 Å². The van der Waals surface area contributed by atoms with Crippen LogP contribution in [-0.4, -0.2) is 63.5 Å². The van der Waals surface area contributed by atoms with Crippen molar-refractivity contribution in [3.8, 4) is 0 Å². The van der Waals surface area contributed by atoms with Crippen LogP contribution in [0.4, 0.5) is 11.4 Å². The lowest BCUT2D eigenvalue weighted by Gasteiger charge is -2.11. The number of rotatable bonds is 12. The van der Waals surface area contributed by atoms with Crippen molar-refractivity contribution < 1.29 is 19.1 Å². The predicted octanol–water partition coefficient (Wildman–Crippen LogP) is 2.52. The Labute approximate surface area is 189 Å². The van der Waals surface area contributed by atoms with Crippen LogP contribution >= 0.6 is 0 Å². The molecule has 0 saturated heterocycles. The molecule has 0 bridgehead atoms. The molecule has 0 aromatic heterocycles. The molecule has 0 aliphatic carbocycles. The third-order valence-corrected chi connectivity index (χ3v) is 4.75. The third kappa shape index (κ3) is 8.77. The quantitative estimate of drug-likeness (QED) is 0.441. The van der Waals surface area contributed by atoms with Gasteiger partial charge in [0, 0.05) is 57.7 Å². The number of anilines is 2. The van der Waals surface area contributed by atoms with Crippen LogP contribution in [-0.2, 0) is 20.7 Å². The molecule has 0 aliphatic heterocycles. The summed E-state index contributed by atoms with van der Waals surface area (Å²) in [7, 11) is 5.10. The van der Waals surface area contributed by atoms with E-state index in [0.717, 1.165) is 17.7 Å². The van der Waals surface area contributed by atoms with Gasteiger partial charge in [-0.2, -0.15) is 0 Å². The molecule has 172 valence electrons. The van der Waals surface area contributed by atoms with Crippen molar-refractivity contribution in [1.82, 2.24) is 10.2 Å². The first kappa shape index (κ1) is 24.9. The van der Waals surface area contributed by atoms with Crippen LogP contribution in [0.15, 0.2) is 48.5 Å². The lowest BCUT2D eigenvalue weighted by Crippen LogP contribution is -2.25. The maximum absolute atomic E-state index is 12.3. The lowest BCUT2D eigenvalue weighted by molar-refractivity contribution is -0.128. The minimum absolute atomic E-state index is 0.0678. The Kier molecular flexibility index (Phi) is 10.2. The number of nitrogens with one attached hydrogen (secondary N) is 3. The van der Waals surface area contributed by atoms with E-state index in [4.69, 9.17) is 4.74 Å². The van der Waals surface area contributed by atoms with Gasteiger partial charge in [-0.15, -0.1) is 0 Å². The van der Waals surface area contributed by atoms with Gasteiger partial charge in [-0.25, -0.2) is 0 Å². The molecule has 8 heteroatoms. The summed E-state index contributed by atoms with van der Waals surface area (Å²) in [5.41, 5.74) is 2.98. The van der Waals surface area contributed by atoms with Crippen molar-refractivity contribution in [1.29, 1.82) is 0 Å². The van der Waals surface area contributed by atoms with Gasteiger partial charge in [0.05, 0.1) is 6.54 Å². The van der Waals surface area contributed by atoms with E-state index >= 15 is 0 Å². The smallest absolute Gasteiger partial charge is 0.251 e. The number of methoxy groups -OCH3 is 1. The number of hydrogen-bond acceptors (Lipinski definition) is 5. The number of amides is 3. The van der Waals surface area contributed by atoms with E-state index in [9.17, 15) is 14.4 Å². The molecule has 0 unspecified atom stereocenters. The molecule has 0 aliphatic rings. The predicted molar refractivity (Wildman–Crippen MR) is 126 cm³/mol. The van der Waals surface area contributed by atoms with Gasteiger partial charge in [-0.1, -0.05) is 12.1 Å². The zero-order valence-corrected chi connectivity index (χ0v) is 18.9. The monoisotopic (exact) mass is 440 g/mol. The van der Waals surface area contributed by atoms with Crippen LogP contribution in [0.25, 0.3) is 0 Å². The largest absolute Gasteiger partial charge is 0.385 e. The summed E-state index contributed by atoms with van der Waals surface area (Å²) in [6.45, 7) is 1.25. The van der Waals surface area contributed by atoms with E-state index in [1.54, 1.807) is 50.4 Å². The highest BCUT2D eigenvalue weighted by atomic mass is 16.5. The summed E-state index contributed by atoms with van der Waals surface area (Å²) in [5, 5.41) is 8.73. The van der Waals surface area contributed by atoms with E-state index in [1.165, 1.54) is 0 Å². The van der Waals surface area contributed by atoms with Crippen molar-refractivity contribution in [2.24, 2.45) is 0 Å². The number of ether oxygens (including phenoxy) is 1. The molecule has 0 spiro atoms. The Balaban J connectivity index is 1.78. The number of carbonyl (C=O) groups is 3. The Morgan fingerprint density at radius 2 is 1.75 bits per heavy atom. The minimum atomic E-state index is -0.188. The summed E-state index contributed by atoms with van der Waals surface area (Å²) in [6, 6.07) is 14.4. The second-order valence-corrected chi connectivity index (χ2v) is 7.57. The molecule has 32 heavy (non-hydrogen) atoms. The zero-order valence-electron chi connectivity index (χ0n) is 18.9. The van der Waals surface area contributed by atoms with E-state index in [0.29, 0.717) is 37.2 Å². The van der Waals surface area contributed by atoms with Gasteiger partial charge >= 0.3 is 0 Å². The molecule has 2 rings (SSSR count). The average molecular weight is 441 g/mol. The lowest BCUT2D eigenvalue weighted by atomic mass is 10.1. The highest BCUT2D eigenvalue weighted by Gasteiger charge is 2.08. The van der Waals surface area contributed by atoms with Crippen LogP contribution < -0.4 is 16.0 Å².